The van der Waals surface area contributed by atoms with E-state index in [9.17, 15) is 9.59 Å². The average molecular weight is 269 g/mol. The standard InChI is InChI=1S/C12H15NO4S/c1-7(14)9-8(10(15)16)13-11(18-9)12(17-2)5-3-4-6-12/h3-6H2,1-2H3,(H,15,16). The minimum atomic E-state index is -1.16. The van der Waals surface area contributed by atoms with E-state index in [0.717, 1.165) is 37.0 Å². The molecule has 5 nitrogen and oxygen atoms in total. The highest BCUT2D eigenvalue weighted by molar-refractivity contribution is 7.14. The lowest BCUT2D eigenvalue weighted by molar-refractivity contribution is -0.00897. The van der Waals surface area contributed by atoms with Crippen LogP contribution in [0.5, 0.6) is 0 Å². The largest absolute Gasteiger partial charge is 0.476 e. The van der Waals surface area contributed by atoms with Gasteiger partial charge in [0, 0.05) is 14.0 Å². The monoisotopic (exact) mass is 269 g/mol. The quantitative estimate of drug-likeness (QED) is 0.850. The lowest BCUT2D eigenvalue weighted by atomic mass is 10.0. The van der Waals surface area contributed by atoms with Crippen molar-refractivity contribution in [1.29, 1.82) is 0 Å². The number of aromatic carboxylic acids is 1. The molecular formula is C12H15NO4S. The van der Waals surface area contributed by atoms with Gasteiger partial charge in [0.25, 0.3) is 0 Å². The zero-order valence-corrected chi connectivity index (χ0v) is 11.2. The van der Waals surface area contributed by atoms with E-state index >= 15 is 0 Å². The fourth-order valence-corrected chi connectivity index (χ4v) is 3.53. The Balaban J connectivity index is 2.49. The van der Waals surface area contributed by atoms with Crippen LogP contribution in [0.25, 0.3) is 0 Å². The number of ether oxygens (including phenoxy) is 1. The lowest BCUT2D eigenvalue weighted by Gasteiger charge is -2.24. The Morgan fingerprint density at radius 2 is 2.00 bits per heavy atom. The molecule has 1 heterocycles. The first-order chi connectivity index (χ1) is 8.50. The fourth-order valence-electron chi connectivity index (χ4n) is 2.35. The van der Waals surface area contributed by atoms with Gasteiger partial charge in [0.15, 0.2) is 11.5 Å². The number of carbonyl (C=O) groups is 2. The van der Waals surface area contributed by atoms with E-state index in [-0.39, 0.29) is 16.4 Å². The summed E-state index contributed by atoms with van der Waals surface area (Å²) in [7, 11) is 1.61. The number of aromatic nitrogens is 1. The summed E-state index contributed by atoms with van der Waals surface area (Å²) in [5, 5.41) is 9.69. The number of hydrogen-bond acceptors (Lipinski definition) is 5. The third-order valence-electron chi connectivity index (χ3n) is 3.34. The Morgan fingerprint density at radius 3 is 2.39 bits per heavy atom. The van der Waals surface area contributed by atoms with Crippen molar-refractivity contribution in [3.8, 4) is 0 Å². The van der Waals surface area contributed by atoms with Gasteiger partial charge in [0.2, 0.25) is 0 Å². The Labute approximate surface area is 109 Å². The van der Waals surface area contributed by atoms with Crippen molar-refractivity contribution in [1.82, 2.24) is 4.98 Å². The van der Waals surface area contributed by atoms with Crippen LogP contribution in [0, 0.1) is 0 Å². The molecule has 2 rings (SSSR count). The van der Waals surface area contributed by atoms with Crippen molar-refractivity contribution >= 4 is 23.1 Å². The van der Waals surface area contributed by atoms with Gasteiger partial charge in [-0.1, -0.05) is 12.8 Å². The van der Waals surface area contributed by atoms with E-state index in [4.69, 9.17) is 9.84 Å². The summed E-state index contributed by atoms with van der Waals surface area (Å²) < 4.78 is 5.56. The van der Waals surface area contributed by atoms with E-state index in [1.54, 1.807) is 7.11 Å². The molecule has 98 valence electrons. The first-order valence-electron chi connectivity index (χ1n) is 5.81. The number of carboxylic acid groups (broad SMARTS) is 1. The SMILES string of the molecule is COC1(c2nc(C(=O)O)c(C(C)=O)s2)CCCC1. The van der Waals surface area contributed by atoms with Crippen LogP contribution in [-0.4, -0.2) is 29.0 Å². The molecule has 1 fully saturated rings. The number of carboxylic acids is 1. The summed E-state index contributed by atoms with van der Waals surface area (Å²) in [5.74, 6) is -1.42. The Hall–Kier alpha value is -1.27. The molecule has 0 saturated heterocycles. The fraction of sp³-hybridized carbons (Fsp3) is 0.583. The molecule has 1 aromatic rings. The maximum atomic E-state index is 11.5. The van der Waals surface area contributed by atoms with Crippen LogP contribution in [0.1, 0.15) is 57.8 Å². The van der Waals surface area contributed by atoms with E-state index in [0.29, 0.717) is 5.01 Å². The average Bonchev–Trinajstić information content (AvgIpc) is 2.96. The van der Waals surface area contributed by atoms with Gasteiger partial charge in [-0.25, -0.2) is 9.78 Å². The highest BCUT2D eigenvalue weighted by Crippen LogP contribution is 2.43. The van der Waals surface area contributed by atoms with Gasteiger partial charge in [-0.2, -0.15) is 0 Å². The maximum absolute atomic E-state index is 11.5. The Bertz CT molecular complexity index is 457. The van der Waals surface area contributed by atoms with E-state index in [2.05, 4.69) is 4.98 Å². The maximum Gasteiger partial charge on any atom is 0.356 e. The zero-order valence-electron chi connectivity index (χ0n) is 10.4. The van der Waals surface area contributed by atoms with Gasteiger partial charge in [-0.3, -0.25) is 4.79 Å². The van der Waals surface area contributed by atoms with Gasteiger partial charge in [-0.05, 0) is 12.8 Å². The normalized spacial score (nSPS) is 17.9. The molecule has 6 heteroatoms. The van der Waals surface area contributed by atoms with Crippen molar-refractivity contribution in [2.45, 2.75) is 38.2 Å². The van der Waals surface area contributed by atoms with E-state index in [1.165, 1.54) is 6.92 Å². The molecule has 0 aromatic carbocycles. The number of ketones is 1. The molecule has 0 radical (unpaired) electrons. The molecule has 1 N–H and O–H groups in total. The zero-order chi connectivity index (χ0) is 13.3. The smallest absolute Gasteiger partial charge is 0.356 e. The molecule has 1 saturated carbocycles. The van der Waals surface area contributed by atoms with Crippen molar-refractivity contribution in [2.75, 3.05) is 7.11 Å². The molecule has 0 amide bonds. The van der Waals surface area contributed by atoms with Crippen LogP contribution in [0.4, 0.5) is 0 Å². The number of thiazole rings is 1. The van der Waals surface area contributed by atoms with Crippen LogP contribution in [0.3, 0.4) is 0 Å². The Morgan fingerprint density at radius 1 is 1.39 bits per heavy atom. The molecule has 1 aromatic heterocycles. The highest BCUT2D eigenvalue weighted by atomic mass is 32.1. The second-order valence-corrected chi connectivity index (χ2v) is 5.46. The number of hydrogen-bond donors (Lipinski definition) is 1. The van der Waals surface area contributed by atoms with E-state index in [1.807, 2.05) is 0 Å². The summed E-state index contributed by atoms with van der Waals surface area (Å²) >= 11 is 1.15. The molecule has 0 atom stereocenters. The third-order valence-corrected chi connectivity index (χ3v) is 4.68. The van der Waals surface area contributed by atoms with Gasteiger partial charge in [0.1, 0.15) is 15.5 Å². The summed E-state index contributed by atoms with van der Waals surface area (Å²) in [4.78, 5) is 26.9. The molecule has 0 unspecified atom stereocenters. The molecule has 0 spiro atoms. The summed E-state index contributed by atoms with van der Waals surface area (Å²) in [6.45, 7) is 1.36. The molecule has 1 aliphatic rings. The molecule has 1 aliphatic carbocycles. The topological polar surface area (TPSA) is 76.5 Å². The van der Waals surface area contributed by atoms with Crippen molar-refractivity contribution in [3.05, 3.63) is 15.6 Å². The van der Waals surface area contributed by atoms with Gasteiger partial charge >= 0.3 is 5.97 Å². The van der Waals surface area contributed by atoms with Gasteiger partial charge < -0.3 is 9.84 Å². The number of methoxy groups -OCH3 is 1. The van der Waals surface area contributed by atoms with Gasteiger partial charge in [0.05, 0.1) is 0 Å². The second-order valence-electron chi connectivity index (χ2n) is 4.46. The highest BCUT2D eigenvalue weighted by Gasteiger charge is 2.40. The van der Waals surface area contributed by atoms with Crippen molar-refractivity contribution in [2.24, 2.45) is 0 Å². The molecule has 0 aliphatic heterocycles. The van der Waals surface area contributed by atoms with Crippen LogP contribution in [0.2, 0.25) is 0 Å². The minimum absolute atomic E-state index is 0.147. The van der Waals surface area contributed by atoms with Gasteiger partial charge in [-0.15, -0.1) is 11.3 Å². The summed E-state index contributed by atoms with van der Waals surface area (Å²) in [5.41, 5.74) is -0.645. The number of rotatable bonds is 4. The number of carbonyl (C=O) groups excluding carboxylic acids is 1. The number of nitrogens with zero attached hydrogens (tertiary/aromatic N) is 1. The second kappa shape index (κ2) is 4.78. The lowest BCUT2D eigenvalue weighted by Crippen LogP contribution is -2.24. The predicted octanol–water partition coefficient (Wildman–Crippen LogP) is 2.46. The summed E-state index contributed by atoms with van der Waals surface area (Å²) in [6.07, 6.45) is 3.72. The predicted molar refractivity (Wildman–Crippen MR) is 66.2 cm³/mol. The molecular weight excluding hydrogens is 254 g/mol. The minimum Gasteiger partial charge on any atom is -0.476 e. The van der Waals surface area contributed by atoms with E-state index < -0.39 is 11.6 Å². The summed E-state index contributed by atoms with van der Waals surface area (Å²) in [6, 6.07) is 0. The van der Waals surface area contributed by atoms with Crippen LogP contribution in [-0.2, 0) is 10.3 Å². The van der Waals surface area contributed by atoms with Crippen LogP contribution < -0.4 is 0 Å². The first-order valence-corrected chi connectivity index (χ1v) is 6.62. The first kappa shape index (κ1) is 13.2. The van der Waals surface area contributed by atoms with Crippen molar-refractivity contribution < 1.29 is 19.4 Å². The van der Waals surface area contributed by atoms with Crippen LogP contribution >= 0.6 is 11.3 Å². The van der Waals surface area contributed by atoms with Crippen molar-refractivity contribution in [3.63, 3.8) is 0 Å². The van der Waals surface area contributed by atoms with Crippen LogP contribution in [0.15, 0.2) is 0 Å². The molecule has 18 heavy (non-hydrogen) atoms. The number of Topliss-reactive ketones (excluding diaryl/α,β-unsaturated/α-hetero) is 1. The Kier molecular flexibility index (Phi) is 3.49. The third kappa shape index (κ3) is 2.06. The molecule has 0 bridgehead atoms.